The van der Waals surface area contributed by atoms with E-state index in [1.54, 1.807) is 12.1 Å². The molecule has 138 valence electrons. The van der Waals surface area contributed by atoms with E-state index in [2.05, 4.69) is 10.5 Å². The van der Waals surface area contributed by atoms with Gasteiger partial charge in [0.1, 0.15) is 13.2 Å². The Morgan fingerprint density at radius 1 is 1.15 bits per heavy atom. The number of amides is 1. The summed E-state index contributed by atoms with van der Waals surface area (Å²) in [7, 11) is 0. The summed E-state index contributed by atoms with van der Waals surface area (Å²) in [4.78, 5) is 25.1. The molecular weight excluding hydrogens is 336 g/mol. The topological polar surface area (TPSA) is 86.2 Å². The van der Waals surface area contributed by atoms with E-state index >= 15 is 0 Å². The number of esters is 1. The van der Waals surface area contributed by atoms with Gasteiger partial charge in [-0.05, 0) is 43.5 Å². The summed E-state index contributed by atoms with van der Waals surface area (Å²) in [5.74, 6) is 0.661. The molecule has 1 N–H and O–H groups in total. The molecule has 0 spiro atoms. The third-order valence-electron chi connectivity index (χ3n) is 6.40. The molecule has 0 aromatic heterocycles. The van der Waals surface area contributed by atoms with Crippen LogP contribution in [-0.4, -0.2) is 36.9 Å². The van der Waals surface area contributed by atoms with Crippen molar-refractivity contribution in [2.75, 3.05) is 13.2 Å². The molecule has 2 heterocycles. The quantitative estimate of drug-likeness (QED) is 0.508. The van der Waals surface area contributed by atoms with E-state index in [0.29, 0.717) is 37.6 Å². The fourth-order valence-electron chi connectivity index (χ4n) is 4.14. The average Bonchev–Trinajstić information content (AvgIpc) is 2.92. The number of carbonyl (C=O) groups excluding carboxylic acids is 2. The molecule has 2 atom stereocenters. The van der Waals surface area contributed by atoms with Crippen LogP contribution in [-0.2, 0) is 14.3 Å². The van der Waals surface area contributed by atoms with Gasteiger partial charge in [0.25, 0.3) is 5.91 Å². The largest absolute Gasteiger partial charge is 0.486 e. The van der Waals surface area contributed by atoms with E-state index in [9.17, 15) is 9.59 Å². The predicted molar refractivity (Wildman–Crippen MR) is 93.1 cm³/mol. The Hall–Kier alpha value is -2.57. The molecule has 26 heavy (non-hydrogen) atoms. The number of rotatable bonds is 3. The molecule has 1 saturated heterocycles. The van der Waals surface area contributed by atoms with Gasteiger partial charge in [0.2, 0.25) is 0 Å². The first kappa shape index (κ1) is 16.9. The van der Waals surface area contributed by atoms with Crippen molar-refractivity contribution in [3.63, 3.8) is 0 Å². The number of hydrazone groups is 1. The summed E-state index contributed by atoms with van der Waals surface area (Å²) in [6, 6.07) is 5.43. The van der Waals surface area contributed by atoms with Crippen molar-refractivity contribution in [3.05, 3.63) is 23.8 Å². The van der Waals surface area contributed by atoms with Crippen LogP contribution in [0.4, 0.5) is 0 Å². The molecule has 1 aromatic carbocycles. The maximum atomic E-state index is 12.8. The highest BCUT2D eigenvalue weighted by Crippen LogP contribution is 2.65. The summed E-state index contributed by atoms with van der Waals surface area (Å²) in [6.07, 6.45) is 2.68. The summed E-state index contributed by atoms with van der Waals surface area (Å²) < 4.78 is 16.5. The summed E-state index contributed by atoms with van der Waals surface area (Å²) in [5, 5.41) is 4.05. The van der Waals surface area contributed by atoms with Gasteiger partial charge >= 0.3 is 5.97 Å². The Bertz CT molecular complexity index is 818. The summed E-state index contributed by atoms with van der Waals surface area (Å²) in [5.41, 5.74) is 0.927. The molecule has 2 unspecified atom stereocenters. The zero-order chi connectivity index (χ0) is 18.6. The highest BCUT2D eigenvalue weighted by atomic mass is 16.6. The van der Waals surface area contributed by atoms with Gasteiger partial charge in [-0.25, -0.2) is 5.43 Å². The molecular formula is C19H22N2O5. The highest BCUT2D eigenvalue weighted by Gasteiger charge is 2.75. The van der Waals surface area contributed by atoms with Crippen molar-refractivity contribution in [2.45, 2.75) is 39.2 Å². The van der Waals surface area contributed by atoms with Gasteiger partial charge < -0.3 is 14.2 Å². The number of hydrogen-bond acceptors (Lipinski definition) is 6. The minimum Gasteiger partial charge on any atom is -0.486 e. The van der Waals surface area contributed by atoms with E-state index in [0.717, 1.165) is 5.56 Å². The third-order valence-corrected chi connectivity index (χ3v) is 6.40. The van der Waals surface area contributed by atoms with Gasteiger partial charge in [-0.15, -0.1) is 0 Å². The first-order chi connectivity index (χ1) is 12.3. The van der Waals surface area contributed by atoms with Crippen LogP contribution in [0.3, 0.4) is 0 Å². The Kier molecular flexibility index (Phi) is 3.54. The number of fused-ring (bicyclic) bond motifs is 3. The van der Waals surface area contributed by atoms with Gasteiger partial charge in [0, 0.05) is 5.41 Å². The zero-order valence-electron chi connectivity index (χ0n) is 15.1. The van der Waals surface area contributed by atoms with Crippen LogP contribution in [0.2, 0.25) is 0 Å². The third kappa shape index (κ3) is 2.09. The van der Waals surface area contributed by atoms with Gasteiger partial charge in [-0.2, -0.15) is 5.10 Å². The minimum absolute atomic E-state index is 0.306. The number of nitrogens with one attached hydrogen (secondary N) is 1. The number of benzene rings is 1. The van der Waals surface area contributed by atoms with Crippen LogP contribution in [0.5, 0.6) is 11.5 Å². The van der Waals surface area contributed by atoms with Crippen molar-refractivity contribution >= 4 is 18.1 Å². The fraction of sp³-hybridized carbons (Fsp3) is 0.526. The molecule has 2 bridgehead atoms. The maximum Gasteiger partial charge on any atom is 0.313 e. The van der Waals surface area contributed by atoms with Crippen LogP contribution >= 0.6 is 0 Å². The Morgan fingerprint density at radius 3 is 2.54 bits per heavy atom. The summed E-state index contributed by atoms with van der Waals surface area (Å²) >= 11 is 0. The Labute approximate surface area is 151 Å². The molecule has 1 saturated carbocycles. The lowest BCUT2D eigenvalue weighted by Crippen LogP contribution is -2.52. The monoisotopic (exact) mass is 358 g/mol. The molecule has 2 fully saturated rings. The molecule has 1 aliphatic carbocycles. The molecule has 7 heteroatoms. The average molecular weight is 358 g/mol. The molecule has 3 aliphatic rings. The van der Waals surface area contributed by atoms with Crippen molar-refractivity contribution < 1.29 is 23.8 Å². The second kappa shape index (κ2) is 5.46. The Morgan fingerprint density at radius 2 is 1.88 bits per heavy atom. The first-order valence-corrected chi connectivity index (χ1v) is 8.77. The van der Waals surface area contributed by atoms with E-state index in [1.165, 1.54) is 6.21 Å². The second-order valence-electron chi connectivity index (χ2n) is 7.78. The standard InChI is InChI=1S/C19H22N2O5/c1-17(2)18(3)6-7-19(17,26-16(18)23)15(22)21-20-11-12-4-5-13-14(10-12)25-9-8-24-13/h4-5,10-11H,6-9H2,1-3H3,(H,21,22)/b20-11+. The van der Waals surface area contributed by atoms with Crippen LogP contribution in [0.1, 0.15) is 39.2 Å². The van der Waals surface area contributed by atoms with Crippen molar-refractivity contribution in [1.82, 2.24) is 5.43 Å². The van der Waals surface area contributed by atoms with E-state index in [1.807, 2.05) is 26.8 Å². The van der Waals surface area contributed by atoms with Gasteiger partial charge in [0.15, 0.2) is 17.1 Å². The second-order valence-corrected chi connectivity index (χ2v) is 7.78. The first-order valence-electron chi connectivity index (χ1n) is 8.77. The molecule has 1 aromatic rings. The molecule has 0 radical (unpaired) electrons. The SMILES string of the molecule is CC12CCC(C(=O)N/N=C/c3ccc4c(c3)OCCO4)(OC1=O)C2(C)C. The lowest BCUT2D eigenvalue weighted by molar-refractivity contribution is -0.168. The lowest BCUT2D eigenvalue weighted by Gasteiger charge is -2.34. The van der Waals surface area contributed by atoms with Gasteiger partial charge in [-0.1, -0.05) is 13.8 Å². The number of carbonyl (C=O) groups is 2. The molecule has 4 rings (SSSR count). The van der Waals surface area contributed by atoms with Crippen molar-refractivity contribution in [1.29, 1.82) is 0 Å². The summed E-state index contributed by atoms with van der Waals surface area (Å²) in [6.45, 7) is 6.73. The van der Waals surface area contributed by atoms with E-state index in [-0.39, 0.29) is 11.9 Å². The zero-order valence-corrected chi connectivity index (χ0v) is 15.1. The normalized spacial score (nSPS) is 31.1. The van der Waals surface area contributed by atoms with E-state index < -0.39 is 16.4 Å². The number of hydrogen-bond donors (Lipinski definition) is 1. The van der Waals surface area contributed by atoms with Crippen LogP contribution < -0.4 is 14.9 Å². The molecule has 2 aliphatic heterocycles. The van der Waals surface area contributed by atoms with E-state index in [4.69, 9.17) is 14.2 Å². The molecule has 1 amide bonds. The van der Waals surface area contributed by atoms with Crippen molar-refractivity contribution in [2.24, 2.45) is 15.9 Å². The van der Waals surface area contributed by atoms with Gasteiger partial charge in [-0.3, -0.25) is 9.59 Å². The highest BCUT2D eigenvalue weighted by molar-refractivity contribution is 5.96. The minimum atomic E-state index is -1.16. The molecule has 7 nitrogen and oxygen atoms in total. The maximum absolute atomic E-state index is 12.8. The van der Waals surface area contributed by atoms with Crippen LogP contribution in [0.25, 0.3) is 0 Å². The number of ether oxygens (including phenoxy) is 3. The smallest absolute Gasteiger partial charge is 0.313 e. The van der Waals surface area contributed by atoms with Crippen molar-refractivity contribution in [3.8, 4) is 11.5 Å². The fourth-order valence-corrected chi connectivity index (χ4v) is 4.14. The van der Waals surface area contributed by atoms with Crippen LogP contribution in [0, 0.1) is 10.8 Å². The van der Waals surface area contributed by atoms with Gasteiger partial charge in [0.05, 0.1) is 11.6 Å². The predicted octanol–water partition coefficient (Wildman–Crippen LogP) is 2.03. The van der Waals surface area contributed by atoms with Crippen LogP contribution in [0.15, 0.2) is 23.3 Å². The Balaban J connectivity index is 1.49. The lowest BCUT2D eigenvalue weighted by atomic mass is 9.66. The number of nitrogens with zero attached hydrogens (tertiary/aromatic N) is 1.